The van der Waals surface area contributed by atoms with Crippen LogP contribution in [0.25, 0.3) is 0 Å². The first kappa shape index (κ1) is 20.8. The van der Waals surface area contributed by atoms with Crippen molar-refractivity contribution >= 4 is 5.91 Å². The van der Waals surface area contributed by atoms with E-state index in [0.29, 0.717) is 18.8 Å². The predicted octanol–water partition coefficient (Wildman–Crippen LogP) is 5.01. The van der Waals surface area contributed by atoms with Gasteiger partial charge in [0.25, 0.3) is 0 Å². The summed E-state index contributed by atoms with van der Waals surface area (Å²) in [5.41, 5.74) is 1.77. The van der Waals surface area contributed by atoms with E-state index < -0.39 is 0 Å². The van der Waals surface area contributed by atoms with Gasteiger partial charge in [-0.15, -0.1) is 6.58 Å². The summed E-state index contributed by atoms with van der Waals surface area (Å²) in [6.07, 6.45) is 9.53. The fraction of sp³-hybridized carbons (Fsp3) is 0.375. The number of piperidine rings is 1. The first-order valence-corrected chi connectivity index (χ1v) is 10.1. The standard InChI is InChI=1S/C24H29N3O2/c1-5-22(28)27-15-12-18(13-16-27)23-20(9-8-14-25-23)29-19-10-11-21(26-17-19)24(4,6-2)7-3/h5-6,8-11,14,17-18H,1-2,7,12-13,15-16H2,3-4H3. The lowest BCUT2D eigenvalue weighted by Gasteiger charge is -2.31. The minimum absolute atomic E-state index is 0.00860. The first-order valence-electron chi connectivity index (χ1n) is 10.1. The van der Waals surface area contributed by atoms with Crippen molar-refractivity contribution in [3.05, 3.63) is 73.4 Å². The fourth-order valence-electron chi connectivity index (χ4n) is 3.63. The number of aromatic nitrogens is 2. The maximum atomic E-state index is 11.8. The van der Waals surface area contributed by atoms with Crippen LogP contribution in [0.3, 0.4) is 0 Å². The molecule has 1 saturated heterocycles. The summed E-state index contributed by atoms with van der Waals surface area (Å²) >= 11 is 0. The fourth-order valence-corrected chi connectivity index (χ4v) is 3.63. The topological polar surface area (TPSA) is 55.3 Å². The molecule has 2 aromatic rings. The van der Waals surface area contributed by atoms with Gasteiger partial charge in [-0.1, -0.05) is 26.5 Å². The van der Waals surface area contributed by atoms with E-state index >= 15 is 0 Å². The van der Waals surface area contributed by atoms with Gasteiger partial charge in [0.2, 0.25) is 5.91 Å². The van der Waals surface area contributed by atoms with Crippen molar-refractivity contribution in [2.45, 2.75) is 44.4 Å². The summed E-state index contributed by atoms with van der Waals surface area (Å²) in [6.45, 7) is 13.2. The number of carbonyl (C=O) groups is 1. The largest absolute Gasteiger partial charge is 0.454 e. The Bertz CT molecular complexity index is 870. The maximum absolute atomic E-state index is 11.8. The number of amides is 1. The second kappa shape index (κ2) is 9.03. The average molecular weight is 392 g/mol. The molecule has 0 aromatic carbocycles. The van der Waals surface area contributed by atoms with E-state index in [9.17, 15) is 4.79 Å². The molecule has 0 radical (unpaired) electrons. The van der Waals surface area contributed by atoms with Gasteiger partial charge in [-0.25, -0.2) is 0 Å². The molecule has 1 aliphatic rings. The molecule has 1 atom stereocenters. The zero-order chi connectivity index (χ0) is 20.9. The van der Waals surface area contributed by atoms with Crippen molar-refractivity contribution in [2.24, 2.45) is 0 Å². The van der Waals surface area contributed by atoms with E-state index in [1.165, 1.54) is 6.08 Å². The molecular weight excluding hydrogens is 362 g/mol. The molecule has 0 bridgehead atoms. The third-order valence-electron chi connectivity index (χ3n) is 5.90. The van der Waals surface area contributed by atoms with Crippen LogP contribution >= 0.6 is 0 Å². The molecule has 1 fully saturated rings. The van der Waals surface area contributed by atoms with Gasteiger partial charge in [-0.3, -0.25) is 14.8 Å². The van der Waals surface area contributed by atoms with Gasteiger partial charge in [-0.05, 0) is 49.6 Å². The molecule has 0 aliphatic carbocycles. The Morgan fingerprint density at radius 1 is 1.28 bits per heavy atom. The van der Waals surface area contributed by atoms with Gasteiger partial charge in [0.05, 0.1) is 17.6 Å². The Morgan fingerprint density at radius 3 is 2.62 bits per heavy atom. The molecule has 2 aromatic heterocycles. The molecule has 3 rings (SSSR count). The van der Waals surface area contributed by atoms with E-state index in [0.717, 1.165) is 36.4 Å². The van der Waals surface area contributed by atoms with Crippen LogP contribution in [-0.4, -0.2) is 33.9 Å². The molecule has 152 valence electrons. The second-order valence-corrected chi connectivity index (χ2v) is 7.65. The quantitative estimate of drug-likeness (QED) is 0.491. The average Bonchev–Trinajstić information content (AvgIpc) is 2.79. The van der Waals surface area contributed by atoms with Crippen LogP contribution in [-0.2, 0) is 10.2 Å². The summed E-state index contributed by atoms with van der Waals surface area (Å²) < 4.78 is 6.15. The lowest BCUT2D eigenvalue weighted by atomic mass is 9.84. The Kier molecular flexibility index (Phi) is 6.47. The SMILES string of the molecule is C=CC(=O)N1CCC(c2ncccc2Oc2ccc(C(C)(C=C)CC)nc2)CC1. The van der Waals surface area contributed by atoms with Crippen molar-refractivity contribution in [3.63, 3.8) is 0 Å². The molecule has 29 heavy (non-hydrogen) atoms. The molecule has 0 N–H and O–H groups in total. The van der Waals surface area contributed by atoms with Crippen LogP contribution in [0.2, 0.25) is 0 Å². The second-order valence-electron chi connectivity index (χ2n) is 7.65. The van der Waals surface area contributed by atoms with Crippen molar-refractivity contribution < 1.29 is 9.53 Å². The van der Waals surface area contributed by atoms with Crippen LogP contribution in [0, 0.1) is 0 Å². The number of pyridine rings is 2. The summed E-state index contributed by atoms with van der Waals surface area (Å²) in [5.74, 6) is 1.68. The number of likely N-dealkylation sites (tertiary alicyclic amines) is 1. The third kappa shape index (κ3) is 4.56. The van der Waals surface area contributed by atoms with Gasteiger partial charge in [0.15, 0.2) is 0 Å². The lowest BCUT2D eigenvalue weighted by Crippen LogP contribution is -2.37. The van der Waals surface area contributed by atoms with E-state index in [2.05, 4.69) is 37.0 Å². The van der Waals surface area contributed by atoms with Gasteiger partial charge < -0.3 is 9.64 Å². The molecule has 0 saturated carbocycles. The Balaban J connectivity index is 1.74. The minimum atomic E-state index is -0.144. The summed E-state index contributed by atoms with van der Waals surface area (Å²) in [6, 6.07) is 7.76. The van der Waals surface area contributed by atoms with E-state index in [-0.39, 0.29) is 17.2 Å². The number of carbonyl (C=O) groups excluding carboxylic acids is 1. The number of ether oxygens (including phenoxy) is 1. The first-order chi connectivity index (χ1) is 14.0. The highest BCUT2D eigenvalue weighted by atomic mass is 16.5. The normalized spacial score (nSPS) is 16.7. The summed E-state index contributed by atoms with van der Waals surface area (Å²) in [4.78, 5) is 22.8. The number of rotatable bonds is 7. The van der Waals surface area contributed by atoms with Crippen molar-refractivity contribution in [1.82, 2.24) is 14.9 Å². The van der Waals surface area contributed by atoms with E-state index in [1.54, 1.807) is 12.4 Å². The minimum Gasteiger partial charge on any atom is -0.454 e. The van der Waals surface area contributed by atoms with Gasteiger partial charge in [-0.2, -0.15) is 0 Å². The van der Waals surface area contributed by atoms with Crippen LogP contribution in [0.5, 0.6) is 11.5 Å². The molecule has 0 spiro atoms. The van der Waals surface area contributed by atoms with Crippen LogP contribution in [0.4, 0.5) is 0 Å². The van der Waals surface area contributed by atoms with Crippen LogP contribution in [0.15, 0.2) is 62.0 Å². The van der Waals surface area contributed by atoms with Crippen molar-refractivity contribution in [2.75, 3.05) is 13.1 Å². The maximum Gasteiger partial charge on any atom is 0.245 e. The number of hydrogen-bond acceptors (Lipinski definition) is 4. The highest BCUT2D eigenvalue weighted by Crippen LogP contribution is 2.35. The monoisotopic (exact) mass is 391 g/mol. The molecule has 5 heteroatoms. The van der Waals surface area contributed by atoms with Gasteiger partial charge >= 0.3 is 0 Å². The number of nitrogens with zero attached hydrogens (tertiary/aromatic N) is 3. The van der Waals surface area contributed by atoms with Crippen molar-refractivity contribution in [1.29, 1.82) is 0 Å². The summed E-state index contributed by atoms with van der Waals surface area (Å²) in [7, 11) is 0. The highest BCUT2D eigenvalue weighted by Gasteiger charge is 2.26. The van der Waals surface area contributed by atoms with Gasteiger partial charge in [0, 0.05) is 30.6 Å². The molecule has 5 nitrogen and oxygen atoms in total. The predicted molar refractivity (Wildman–Crippen MR) is 115 cm³/mol. The van der Waals surface area contributed by atoms with Crippen LogP contribution in [0.1, 0.15) is 50.4 Å². The lowest BCUT2D eigenvalue weighted by molar-refractivity contribution is -0.127. The Labute approximate surface area is 173 Å². The molecule has 1 amide bonds. The Hall–Kier alpha value is -2.95. The van der Waals surface area contributed by atoms with E-state index in [1.807, 2.05) is 35.2 Å². The van der Waals surface area contributed by atoms with E-state index in [4.69, 9.17) is 4.74 Å². The third-order valence-corrected chi connectivity index (χ3v) is 5.90. The van der Waals surface area contributed by atoms with Crippen molar-refractivity contribution in [3.8, 4) is 11.5 Å². The number of hydrogen-bond donors (Lipinski definition) is 0. The van der Waals surface area contributed by atoms with Gasteiger partial charge in [0.1, 0.15) is 11.5 Å². The summed E-state index contributed by atoms with van der Waals surface area (Å²) in [5, 5.41) is 0. The molecule has 1 aliphatic heterocycles. The molecular formula is C24H29N3O2. The number of allylic oxidation sites excluding steroid dienone is 1. The zero-order valence-corrected chi connectivity index (χ0v) is 17.3. The molecule has 1 unspecified atom stereocenters. The Morgan fingerprint density at radius 2 is 2.03 bits per heavy atom. The van der Waals surface area contributed by atoms with Crippen LogP contribution < -0.4 is 4.74 Å². The highest BCUT2D eigenvalue weighted by molar-refractivity contribution is 5.87. The smallest absolute Gasteiger partial charge is 0.245 e. The molecule has 3 heterocycles. The zero-order valence-electron chi connectivity index (χ0n) is 17.3.